The maximum atomic E-state index is 11.7. The second kappa shape index (κ2) is 6.56. The molecule has 0 aromatic carbocycles. The zero-order valence-corrected chi connectivity index (χ0v) is 10.8. The second-order valence-corrected chi connectivity index (χ2v) is 4.37. The summed E-state index contributed by atoms with van der Waals surface area (Å²) in [5.41, 5.74) is 0. The van der Waals surface area contributed by atoms with E-state index in [0.29, 0.717) is 6.61 Å². The Balaban J connectivity index is 1.72. The molecule has 1 aromatic heterocycles. The number of ether oxygens (including phenoxy) is 1. The summed E-state index contributed by atoms with van der Waals surface area (Å²) < 4.78 is 10.5. The molecule has 0 bridgehead atoms. The topological polar surface area (TPSA) is 45.9 Å². The molecule has 0 radical (unpaired) electrons. The van der Waals surface area contributed by atoms with Crippen molar-refractivity contribution in [1.29, 1.82) is 0 Å². The number of hydrogen-bond acceptors (Lipinski definition) is 4. The minimum atomic E-state index is 0.0921. The molecule has 2 heterocycles. The van der Waals surface area contributed by atoms with Crippen molar-refractivity contribution in [1.82, 2.24) is 9.80 Å². The van der Waals surface area contributed by atoms with Gasteiger partial charge in [0.1, 0.15) is 12.4 Å². The molecule has 1 aliphatic rings. The van der Waals surface area contributed by atoms with Crippen LogP contribution in [0.3, 0.4) is 0 Å². The lowest BCUT2D eigenvalue weighted by Gasteiger charge is -2.34. The van der Waals surface area contributed by atoms with Gasteiger partial charge >= 0.3 is 0 Å². The molecule has 0 aliphatic carbocycles. The van der Waals surface area contributed by atoms with Crippen LogP contribution in [0.1, 0.15) is 12.7 Å². The Hall–Kier alpha value is -1.33. The summed E-state index contributed by atoms with van der Waals surface area (Å²) in [5.74, 6) is 1.07. The predicted molar refractivity (Wildman–Crippen MR) is 67.1 cm³/mol. The Morgan fingerprint density at radius 3 is 2.78 bits per heavy atom. The number of amides is 1. The average molecular weight is 252 g/mol. The highest BCUT2D eigenvalue weighted by Crippen LogP contribution is 2.09. The van der Waals surface area contributed by atoms with Gasteiger partial charge in [0.05, 0.1) is 12.8 Å². The summed E-state index contributed by atoms with van der Waals surface area (Å²) in [7, 11) is 0. The molecule has 1 aliphatic heterocycles. The number of carbonyl (C=O) groups excluding carboxylic acids is 1. The highest BCUT2D eigenvalue weighted by atomic mass is 16.5. The Morgan fingerprint density at radius 1 is 1.39 bits per heavy atom. The standard InChI is InChI=1S/C13H20N2O3/c1-2-17-11-13(16)15-7-5-14(6-8-15)10-12-4-3-9-18-12/h3-4,9H,2,5-8,10-11H2,1H3. The summed E-state index contributed by atoms with van der Waals surface area (Å²) in [5, 5.41) is 0. The zero-order valence-electron chi connectivity index (χ0n) is 10.8. The SMILES string of the molecule is CCOCC(=O)N1CCN(Cc2ccco2)CC1. The average Bonchev–Trinajstić information content (AvgIpc) is 2.89. The van der Waals surface area contributed by atoms with Gasteiger partial charge in [-0.15, -0.1) is 0 Å². The fraction of sp³-hybridized carbons (Fsp3) is 0.615. The molecule has 1 fully saturated rings. The molecule has 18 heavy (non-hydrogen) atoms. The minimum absolute atomic E-state index is 0.0921. The van der Waals surface area contributed by atoms with Crippen LogP contribution in [0.2, 0.25) is 0 Å². The predicted octanol–water partition coefficient (Wildman–Crippen LogP) is 0.960. The fourth-order valence-corrected chi connectivity index (χ4v) is 2.06. The van der Waals surface area contributed by atoms with Crippen molar-refractivity contribution in [3.05, 3.63) is 24.2 Å². The van der Waals surface area contributed by atoms with E-state index in [2.05, 4.69) is 4.90 Å². The van der Waals surface area contributed by atoms with Gasteiger partial charge < -0.3 is 14.1 Å². The molecule has 100 valence electrons. The van der Waals surface area contributed by atoms with Gasteiger partial charge in [-0.1, -0.05) is 0 Å². The van der Waals surface area contributed by atoms with Crippen LogP contribution < -0.4 is 0 Å². The molecule has 1 amide bonds. The van der Waals surface area contributed by atoms with Crippen LogP contribution in [0, 0.1) is 0 Å². The van der Waals surface area contributed by atoms with Gasteiger partial charge in [0.15, 0.2) is 0 Å². The van der Waals surface area contributed by atoms with Gasteiger partial charge in [0.2, 0.25) is 5.91 Å². The van der Waals surface area contributed by atoms with Crippen LogP contribution in [0.5, 0.6) is 0 Å². The molecule has 1 saturated heterocycles. The van der Waals surface area contributed by atoms with E-state index in [1.54, 1.807) is 6.26 Å². The first kappa shape index (κ1) is 13.1. The van der Waals surface area contributed by atoms with Gasteiger partial charge in [0.25, 0.3) is 0 Å². The van der Waals surface area contributed by atoms with Gasteiger partial charge in [-0.05, 0) is 19.1 Å². The van der Waals surface area contributed by atoms with E-state index >= 15 is 0 Å². The summed E-state index contributed by atoms with van der Waals surface area (Å²) in [4.78, 5) is 15.9. The third-order valence-electron chi connectivity index (χ3n) is 3.11. The molecule has 5 heteroatoms. The molecular formula is C13H20N2O3. The lowest BCUT2D eigenvalue weighted by Crippen LogP contribution is -2.49. The first-order chi connectivity index (χ1) is 8.79. The summed E-state index contributed by atoms with van der Waals surface area (Å²) in [6, 6.07) is 3.88. The number of carbonyl (C=O) groups is 1. The van der Waals surface area contributed by atoms with Crippen LogP contribution in [-0.4, -0.2) is 55.1 Å². The third kappa shape index (κ3) is 3.58. The fourth-order valence-electron chi connectivity index (χ4n) is 2.06. The third-order valence-corrected chi connectivity index (χ3v) is 3.11. The van der Waals surface area contributed by atoms with E-state index in [0.717, 1.165) is 38.5 Å². The van der Waals surface area contributed by atoms with Crippen LogP contribution in [-0.2, 0) is 16.1 Å². The zero-order chi connectivity index (χ0) is 12.8. The monoisotopic (exact) mass is 252 g/mol. The van der Waals surface area contributed by atoms with Crippen molar-refractivity contribution >= 4 is 5.91 Å². The maximum Gasteiger partial charge on any atom is 0.248 e. The molecular weight excluding hydrogens is 232 g/mol. The minimum Gasteiger partial charge on any atom is -0.468 e. The molecule has 0 spiro atoms. The van der Waals surface area contributed by atoms with E-state index in [4.69, 9.17) is 9.15 Å². The number of rotatable bonds is 5. The largest absolute Gasteiger partial charge is 0.468 e. The summed E-state index contributed by atoms with van der Waals surface area (Å²) >= 11 is 0. The first-order valence-electron chi connectivity index (χ1n) is 6.40. The molecule has 1 aromatic rings. The maximum absolute atomic E-state index is 11.7. The molecule has 0 saturated carbocycles. The van der Waals surface area contributed by atoms with Crippen molar-refractivity contribution in [2.75, 3.05) is 39.4 Å². The number of furan rings is 1. The van der Waals surface area contributed by atoms with Gasteiger partial charge in [-0.25, -0.2) is 0 Å². The lowest BCUT2D eigenvalue weighted by atomic mass is 10.3. The quantitative estimate of drug-likeness (QED) is 0.783. The van der Waals surface area contributed by atoms with Gasteiger partial charge in [0, 0.05) is 32.8 Å². The Morgan fingerprint density at radius 2 is 2.17 bits per heavy atom. The van der Waals surface area contributed by atoms with Crippen molar-refractivity contribution in [2.45, 2.75) is 13.5 Å². The van der Waals surface area contributed by atoms with Gasteiger partial charge in [-0.2, -0.15) is 0 Å². The lowest BCUT2D eigenvalue weighted by molar-refractivity contribution is -0.137. The smallest absolute Gasteiger partial charge is 0.248 e. The number of hydrogen-bond donors (Lipinski definition) is 0. The van der Waals surface area contributed by atoms with Crippen LogP contribution >= 0.6 is 0 Å². The highest BCUT2D eigenvalue weighted by Gasteiger charge is 2.21. The normalized spacial score (nSPS) is 17.1. The molecule has 0 N–H and O–H groups in total. The van der Waals surface area contributed by atoms with E-state index in [9.17, 15) is 4.79 Å². The van der Waals surface area contributed by atoms with Crippen molar-refractivity contribution in [2.24, 2.45) is 0 Å². The molecule has 2 rings (SSSR count). The van der Waals surface area contributed by atoms with E-state index in [1.165, 1.54) is 0 Å². The molecule has 0 unspecified atom stereocenters. The van der Waals surface area contributed by atoms with Crippen LogP contribution in [0.4, 0.5) is 0 Å². The number of piperazine rings is 1. The van der Waals surface area contributed by atoms with Gasteiger partial charge in [-0.3, -0.25) is 9.69 Å². The Labute approximate surface area is 107 Å². The summed E-state index contributed by atoms with van der Waals surface area (Å²) in [6.45, 7) is 6.82. The number of nitrogens with zero attached hydrogens (tertiary/aromatic N) is 2. The van der Waals surface area contributed by atoms with E-state index in [-0.39, 0.29) is 12.5 Å². The van der Waals surface area contributed by atoms with Crippen molar-refractivity contribution < 1.29 is 13.9 Å². The van der Waals surface area contributed by atoms with Crippen molar-refractivity contribution in [3.63, 3.8) is 0 Å². The highest BCUT2D eigenvalue weighted by molar-refractivity contribution is 5.77. The Kier molecular flexibility index (Phi) is 4.78. The Bertz CT molecular complexity index is 356. The van der Waals surface area contributed by atoms with Crippen molar-refractivity contribution in [3.8, 4) is 0 Å². The molecule has 0 atom stereocenters. The molecule has 5 nitrogen and oxygen atoms in total. The van der Waals surface area contributed by atoms with E-state index in [1.807, 2.05) is 24.0 Å². The summed E-state index contributed by atoms with van der Waals surface area (Å²) in [6.07, 6.45) is 1.69. The van der Waals surface area contributed by atoms with E-state index < -0.39 is 0 Å². The van der Waals surface area contributed by atoms with Crippen LogP contribution in [0.25, 0.3) is 0 Å². The first-order valence-corrected chi connectivity index (χ1v) is 6.40. The second-order valence-electron chi connectivity index (χ2n) is 4.37. The van der Waals surface area contributed by atoms with Crippen LogP contribution in [0.15, 0.2) is 22.8 Å².